The van der Waals surface area contributed by atoms with Crippen LogP contribution < -0.4 is 4.74 Å². The highest BCUT2D eigenvalue weighted by molar-refractivity contribution is 5.74. The Balaban J connectivity index is 1.34. The molecule has 3 aliphatic heterocycles. The fourth-order valence-electron chi connectivity index (χ4n) is 5.25. The van der Waals surface area contributed by atoms with Crippen LogP contribution in [0.1, 0.15) is 24.1 Å². The molecule has 2 saturated heterocycles. The van der Waals surface area contributed by atoms with Crippen LogP contribution in [0.3, 0.4) is 0 Å². The minimum absolute atomic E-state index is 0.0458. The molecule has 4 nitrogen and oxygen atoms in total. The molecule has 2 aromatic rings. The molecule has 1 amide bonds. The number of halogens is 1. The molecule has 3 heterocycles. The van der Waals surface area contributed by atoms with Gasteiger partial charge in [0.15, 0.2) is 0 Å². The number of carbonyl (C=O) groups excluding carboxylic acids is 1. The lowest BCUT2D eigenvalue weighted by atomic mass is 9.89. The molecule has 2 fully saturated rings. The number of para-hydroxylation sites is 1. The maximum atomic E-state index is 13.9. The Morgan fingerprint density at radius 1 is 1.14 bits per heavy atom. The van der Waals surface area contributed by atoms with Crippen LogP contribution in [0.4, 0.5) is 4.39 Å². The molecule has 0 aromatic heterocycles. The van der Waals surface area contributed by atoms with E-state index in [-0.39, 0.29) is 17.8 Å². The Hall–Kier alpha value is -2.66. The summed E-state index contributed by atoms with van der Waals surface area (Å²) in [5, 5.41) is 0. The third-order valence-electron chi connectivity index (χ3n) is 6.45. The lowest BCUT2D eigenvalue weighted by molar-refractivity contribution is -0.130. The van der Waals surface area contributed by atoms with Crippen LogP contribution >= 0.6 is 0 Å². The predicted molar refractivity (Wildman–Crippen MR) is 110 cm³/mol. The number of fused-ring (bicyclic) bond motifs is 2. The van der Waals surface area contributed by atoms with Crippen molar-refractivity contribution in [1.29, 1.82) is 0 Å². The van der Waals surface area contributed by atoms with E-state index in [1.807, 2.05) is 29.2 Å². The quantitative estimate of drug-likeness (QED) is 0.798. The molecule has 29 heavy (non-hydrogen) atoms. The Morgan fingerprint density at radius 3 is 2.83 bits per heavy atom. The molecule has 5 rings (SSSR count). The third kappa shape index (κ3) is 3.44. The van der Waals surface area contributed by atoms with E-state index in [2.05, 4.69) is 17.0 Å². The van der Waals surface area contributed by atoms with Crippen molar-refractivity contribution in [2.45, 2.75) is 13.0 Å². The number of hydrogen-bond donors (Lipinski definition) is 0. The molecular weight excluding hydrogens is 367 g/mol. The standard InChI is InChI=1S/C24H25FN2O2/c1-16(28)27-13-20-12-26(11-17-9-18-5-2-3-8-23(18)29-15-17)14-22(20)24(27)19-6-4-7-21(25)10-19/h2-10,20,22,24H,11-15H2,1H3/t20-,22-,24-/m1/s1. The lowest BCUT2D eigenvalue weighted by Crippen LogP contribution is -2.35. The maximum absolute atomic E-state index is 13.9. The van der Waals surface area contributed by atoms with Crippen molar-refractivity contribution >= 4 is 12.0 Å². The topological polar surface area (TPSA) is 32.8 Å². The minimum Gasteiger partial charge on any atom is -0.489 e. The first-order valence-electron chi connectivity index (χ1n) is 10.2. The van der Waals surface area contributed by atoms with E-state index in [9.17, 15) is 9.18 Å². The molecule has 3 atom stereocenters. The molecule has 0 saturated carbocycles. The summed E-state index contributed by atoms with van der Waals surface area (Å²) in [5.74, 6) is 1.52. The predicted octanol–water partition coefficient (Wildman–Crippen LogP) is 3.75. The smallest absolute Gasteiger partial charge is 0.219 e. The molecule has 0 bridgehead atoms. The first-order valence-corrected chi connectivity index (χ1v) is 10.2. The number of likely N-dealkylation sites (tertiary alicyclic amines) is 2. The van der Waals surface area contributed by atoms with Crippen molar-refractivity contribution in [1.82, 2.24) is 9.80 Å². The Kier molecular flexibility index (Phi) is 4.63. The van der Waals surface area contributed by atoms with E-state index < -0.39 is 0 Å². The molecule has 0 radical (unpaired) electrons. The number of benzene rings is 2. The van der Waals surface area contributed by atoms with Gasteiger partial charge in [-0.2, -0.15) is 0 Å². The van der Waals surface area contributed by atoms with Gasteiger partial charge in [0.2, 0.25) is 5.91 Å². The zero-order valence-electron chi connectivity index (χ0n) is 16.6. The molecule has 0 aliphatic carbocycles. The van der Waals surface area contributed by atoms with Gasteiger partial charge in [-0.3, -0.25) is 9.69 Å². The van der Waals surface area contributed by atoms with Gasteiger partial charge in [-0.15, -0.1) is 0 Å². The zero-order chi connectivity index (χ0) is 20.0. The van der Waals surface area contributed by atoms with Crippen LogP contribution in [-0.2, 0) is 4.79 Å². The van der Waals surface area contributed by atoms with Crippen molar-refractivity contribution in [3.63, 3.8) is 0 Å². The van der Waals surface area contributed by atoms with E-state index in [1.54, 1.807) is 19.1 Å². The van der Waals surface area contributed by atoms with Crippen molar-refractivity contribution in [3.8, 4) is 5.75 Å². The summed E-state index contributed by atoms with van der Waals surface area (Å²) >= 11 is 0. The largest absolute Gasteiger partial charge is 0.489 e. The van der Waals surface area contributed by atoms with E-state index in [0.29, 0.717) is 18.4 Å². The average Bonchev–Trinajstić information content (AvgIpc) is 3.25. The van der Waals surface area contributed by atoms with Gasteiger partial charge >= 0.3 is 0 Å². The zero-order valence-corrected chi connectivity index (χ0v) is 16.6. The number of hydrogen-bond acceptors (Lipinski definition) is 3. The second-order valence-electron chi connectivity index (χ2n) is 8.42. The summed E-state index contributed by atoms with van der Waals surface area (Å²) in [5.41, 5.74) is 3.31. The molecule has 5 heteroatoms. The van der Waals surface area contributed by atoms with Gasteiger partial charge in [0.05, 0.1) is 6.04 Å². The number of carbonyl (C=O) groups is 1. The van der Waals surface area contributed by atoms with Crippen LogP contribution in [-0.4, -0.2) is 48.5 Å². The van der Waals surface area contributed by atoms with Crippen molar-refractivity contribution in [2.24, 2.45) is 11.8 Å². The summed E-state index contributed by atoms with van der Waals surface area (Å²) in [4.78, 5) is 16.6. The fourth-order valence-corrected chi connectivity index (χ4v) is 5.25. The van der Waals surface area contributed by atoms with Crippen LogP contribution in [0.25, 0.3) is 6.08 Å². The molecule has 3 aliphatic rings. The monoisotopic (exact) mass is 392 g/mol. The molecular formula is C24H25FN2O2. The van der Waals surface area contributed by atoms with Crippen LogP contribution in [0.15, 0.2) is 54.1 Å². The minimum atomic E-state index is -0.243. The molecule has 0 spiro atoms. The molecule has 150 valence electrons. The molecule has 0 unspecified atom stereocenters. The number of rotatable bonds is 3. The normalized spacial score (nSPS) is 25.9. The van der Waals surface area contributed by atoms with Crippen LogP contribution in [0, 0.1) is 17.7 Å². The highest BCUT2D eigenvalue weighted by Crippen LogP contribution is 2.45. The number of amides is 1. The Morgan fingerprint density at radius 2 is 2.00 bits per heavy atom. The SMILES string of the molecule is CC(=O)N1C[C@H]2CN(CC3=Cc4ccccc4OC3)C[C@H]2[C@H]1c1cccc(F)c1. The van der Waals surface area contributed by atoms with E-state index in [0.717, 1.165) is 43.1 Å². The summed E-state index contributed by atoms with van der Waals surface area (Å²) < 4.78 is 19.8. The summed E-state index contributed by atoms with van der Waals surface area (Å²) in [6.07, 6.45) is 2.23. The van der Waals surface area contributed by atoms with Crippen molar-refractivity contribution in [3.05, 3.63) is 71.0 Å². The number of nitrogens with zero attached hydrogens (tertiary/aromatic N) is 2. The number of ether oxygens (including phenoxy) is 1. The Labute approximate surface area is 170 Å². The first-order chi connectivity index (χ1) is 14.1. The van der Waals surface area contributed by atoms with Crippen LogP contribution in [0.5, 0.6) is 5.75 Å². The van der Waals surface area contributed by atoms with Gasteiger partial charge in [0, 0.05) is 44.6 Å². The van der Waals surface area contributed by atoms with Crippen LogP contribution in [0.2, 0.25) is 0 Å². The van der Waals surface area contributed by atoms with Gasteiger partial charge in [-0.1, -0.05) is 30.3 Å². The van der Waals surface area contributed by atoms with Gasteiger partial charge in [-0.05, 0) is 41.3 Å². The Bertz CT molecular complexity index is 973. The fraction of sp³-hybridized carbons (Fsp3) is 0.375. The highest BCUT2D eigenvalue weighted by atomic mass is 19.1. The van der Waals surface area contributed by atoms with Gasteiger partial charge < -0.3 is 9.64 Å². The van der Waals surface area contributed by atoms with Crippen molar-refractivity contribution in [2.75, 3.05) is 32.8 Å². The summed E-state index contributed by atoms with van der Waals surface area (Å²) in [7, 11) is 0. The second-order valence-corrected chi connectivity index (χ2v) is 8.42. The second kappa shape index (κ2) is 7.30. The molecule has 2 aromatic carbocycles. The third-order valence-corrected chi connectivity index (χ3v) is 6.45. The van der Waals surface area contributed by atoms with Gasteiger partial charge in [0.1, 0.15) is 18.2 Å². The summed E-state index contributed by atoms with van der Waals surface area (Å²) in [6.45, 7) is 5.73. The summed E-state index contributed by atoms with van der Waals surface area (Å²) in [6, 6.07) is 14.8. The van der Waals surface area contributed by atoms with E-state index in [4.69, 9.17) is 4.74 Å². The maximum Gasteiger partial charge on any atom is 0.219 e. The highest BCUT2D eigenvalue weighted by Gasteiger charge is 2.48. The first kappa shape index (κ1) is 18.4. The van der Waals surface area contributed by atoms with E-state index in [1.165, 1.54) is 11.6 Å². The van der Waals surface area contributed by atoms with Crippen molar-refractivity contribution < 1.29 is 13.9 Å². The van der Waals surface area contributed by atoms with Gasteiger partial charge in [-0.25, -0.2) is 4.39 Å². The average molecular weight is 392 g/mol. The van der Waals surface area contributed by atoms with E-state index >= 15 is 0 Å². The lowest BCUT2D eigenvalue weighted by Gasteiger charge is -2.29. The molecule has 0 N–H and O–H groups in total. The van der Waals surface area contributed by atoms with Gasteiger partial charge in [0.25, 0.3) is 0 Å².